The maximum atomic E-state index is 12.1. The number of hydrogen-bond acceptors (Lipinski definition) is 6. The topological polar surface area (TPSA) is 77.5 Å². The van der Waals surface area contributed by atoms with Crippen molar-refractivity contribution in [1.29, 1.82) is 0 Å². The van der Waals surface area contributed by atoms with Crippen LogP contribution in [0.4, 0.5) is 5.13 Å². The Bertz CT molecular complexity index is 964. The van der Waals surface area contributed by atoms with Crippen LogP contribution in [0.5, 0.6) is 5.75 Å². The van der Waals surface area contributed by atoms with Gasteiger partial charge in [0.15, 0.2) is 11.7 Å². The molecule has 7 heteroatoms. The summed E-state index contributed by atoms with van der Waals surface area (Å²) in [4.78, 5) is 28.1. The molecule has 0 radical (unpaired) electrons. The van der Waals surface area contributed by atoms with E-state index in [1.165, 1.54) is 24.0 Å². The van der Waals surface area contributed by atoms with E-state index >= 15 is 0 Å². The van der Waals surface area contributed by atoms with Crippen molar-refractivity contribution in [3.05, 3.63) is 53.6 Å². The van der Waals surface area contributed by atoms with Gasteiger partial charge in [0.05, 0.1) is 22.9 Å². The summed E-state index contributed by atoms with van der Waals surface area (Å²) in [5.41, 5.74) is 2.36. The number of nitrogens with zero attached hydrogens (tertiary/aromatic N) is 1. The second-order valence-corrected chi connectivity index (χ2v) is 7.28. The zero-order valence-electron chi connectivity index (χ0n) is 15.3. The minimum Gasteiger partial charge on any atom is -0.484 e. The average Bonchev–Trinajstić information content (AvgIpc) is 3.07. The molecule has 0 atom stereocenters. The smallest absolute Gasteiger partial charge is 0.337 e. The summed E-state index contributed by atoms with van der Waals surface area (Å²) in [5.74, 6) is 0.380. The number of benzene rings is 2. The number of hydrogen-bond donors (Lipinski definition) is 1. The fraction of sp³-hybridized carbons (Fsp3) is 0.250. The van der Waals surface area contributed by atoms with Crippen molar-refractivity contribution in [1.82, 2.24) is 4.98 Å². The van der Waals surface area contributed by atoms with Crippen LogP contribution in [0.25, 0.3) is 10.2 Å². The molecule has 0 aliphatic carbocycles. The molecule has 6 nitrogen and oxygen atoms in total. The molecule has 2 aromatic carbocycles. The summed E-state index contributed by atoms with van der Waals surface area (Å²) < 4.78 is 11.0. The molecular weight excluding hydrogens is 364 g/mol. The van der Waals surface area contributed by atoms with Crippen molar-refractivity contribution in [2.45, 2.75) is 19.8 Å². The highest BCUT2D eigenvalue weighted by Crippen LogP contribution is 2.27. The van der Waals surface area contributed by atoms with Crippen LogP contribution in [0, 0.1) is 0 Å². The monoisotopic (exact) mass is 384 g/mol. The van der Waals surface area contributed by atoms with Gasteiger partial charge < -0.3 is 9.47 Å². The first kappa shape index (κ1) is 18.8. The van der Waals surface area contributed by atoms with Gasteiger partial charge in [-0.2, -0.15) is 0 Å². The van der Waals surface area contributed by atoms with Crippen molar-refractivity contribution in [3.63, 3.8) is 0 Å². The van der Waals surface area contributed by atoms with E-state index in [-0.39, 0.29) is 12.5 Å². The summed E-state index contributed by atoms with van der Waals surface area (Å²) in [7, 11) is 1.33. The van der Waals surface area contributed by atoms with Crippen molar-refractivity contribution in [2.24, 2.45) is 0 Å². The van der Waals surface area contributed by atoms with Crippen LogP contribution in [0.3, 0.4) is 0 Å². The number of carbonyl (C=O) groups excluding carboxylic acids is 2. The Labute approximate surface area is 161 Å². The quantitative estimate of drug-likeness (QED) is 0.644. The minimum absolute atomic E-state index is 0.107. The lowest BCUT2D eigenvalue weighted by Gasteiger charge is -2.08. The lowest BCUT2D eigenvalue weighted by Crippen LogP contribution is -2.20. The van der Waals surface area contributed by atoms with Crippen LogP contribution in [-0.4, -0.2) is 30.6 Å². The molecule has 1 amide bonds. The lowest BCUT2D eigenvalue weighted by atomic mass is 10.0. The number of methoxy groups -OCH3 is 1. The zero-order valence-corrected chi connectivity index (χ0v) is 16.1. The van der Waals surface area contributed by atoms with Crippen molar-refractivity contribution >= 4 is 38.6 Å². The number of rotatable bonds is 6. The number of ether oxygens (including phenoxy) is 2. The summed E-state index contributed by atoms with van der Waals surface area (Å²) in [6.45, 7) is 4.13. The van der Waals surface area contributed by atoms with Gasteiger partial charge in [-0.1, -0.05) is 37.3 Å². The second kappa shape index (κ2) is 8.18. The fourth-order valence-corrected chi connectivity index (χ4v) is 3.40. The number of amides is 1. The first-order chi connectivity index (χ1) is 13.0. The number of carbonyl (C=O) groups is 2. The third-order valence-electron chi connectivity index (χ3n) is 3.97. The molecule has 3 rings (SSSR count). The van der Waals surface area contributed by atoms with Gasteiger partial charge in [0.1, 0.15) is 5.75 Å². The first-order valence-corrected chi connectivity index (χ1v) is 9.29. The van der Waals surface area contributed by atoms with E-state index < -0.39 is 5.97 Å². The minimum atomic E-state index is -0.409. The second-order valence-electron chi connectivity index (χ2n) is 6.25. The number of anilines is 1. The van der Waals surface area contributed by atoms with Gasteiger partial charge in [-0.05, 0) is 41.8 Å². The molecule has 3 aromatic rings. The maximum absolute atomic E-state index is 12.1. The number of thiazole rings is 1. The standard InChI is InChI=1S/C20H20N2O4S/c1-12(2)13-4-7-15(8-5-13)26-11-18(23)22-20-21-16-9-6-14(19(24)25-3)10-17(16)27-20/h4-10,12H,11H2,1-3H3,(H,21,22,23). The van der Waals surface area contributed by atoms with E-state index in [0.717, 1.165) is 4.70 Å². The average molecular weight is 384 g/mol. The normalized spacial score (nSPS) is 10.8. The lowest BCUT2D eigenvalue weighted by molar-refractivity contribution is -0.118. The third kappa shape index (κ3) is 4.62. The van der Waals surface area contributed by atoms with E-state index in [2.05, 4.69) is 24.1 Å². The summed E-state index contributed by atoms with van der Waals surface area (Å²) >= 11 is 1.29. The highest BCUT2D eigenvalue weighted by molar-refractivity contribution is 7.22. The van der Waals surface area contributed by atoms with Gasteiger partial charge in [0.25, 0.3) is 5.91 Å². The fourth-order valence-electron chi connectivity index (χ4n) is 2.48. The number of nitrogens with one attached hydrogen (secondary N) is 1. The first-order valence-electron chi connectivity index (χ1n) is 8.48. The predicted octanol–water partition coefficient (Wildman–Crippen LogP) is 4.22. The van der Waals surface area contributed by atoms with Crippen LogP contribution >= 0.6 is 11.3 Å². The molecule has 27 heavy (non-hydrogen) atoms. The number of esters is 1. The molecule has 0 bridgehead atoms. The summed E-state index contributed by atoms with van der Waals surface area (Å²) in [6, 6.07) is 12.8. The van der Waals surface area contributed by atoms with Gasteiger partial charge >= 0.3 is 5.97 Å². The third-order valence-corrected chi connectivity index (χ3v) is 4.91. The van der Waals surface area contributed by atoms with E-state index in [0.29, 0.717) is 27.9 Å². The zero-order chi connectivity index (χ0) is 19.4. The summed E-state index contributed by atoms with van der Waals surface area (Å²) in [5, 5.41) is 3.18. The highest BCUT2D eigenvalue weighted by atomic mass is 32.1. The van der Waals surface area contributed by atoms with Crippen molar-refractivity contribution < 1.29 is 19.1 Å². The Morgan fingerprint density at radius 3 is 2.56 bits per heavy atom. The summed E-state index contributed by atoms with van der Waals surface area (Å²) in [6.07, 6.45) is 0. The molecule has 0 unspecified atom stereocenters. The highest BCUT2D eigenvalue weighted by Gasteiger charge is 2.12. The molecule has 1 N–H and O–H groups in total. The van der Waals surface area contributed by atoms with Crippen LogP contribution in [0.15, 0.2) is 42.5 Å². The molecule has 0 aliphatic rings. The molecule has 1 aromatic heterocycles. The Kier molecular flexibility index (Phi) is 5.71. The largest absolute Gasteiger partial charge is 0.484 e. The van der Waals surface area contributed by atoms with Crippen LogP contribution in [0.1, 0.15) is 35.7 Å². The van der Waals surface area contributed by atoms with Gasteiger partial charge in [-0.15, -0.1) is 0 Å². The van der Waals surface area contributed by atoms with E-state index in [1.807, 2.05) is 24.3 Å². The van der Waals surface area contributed by atoms with E-state index in [1.54, 1.807) is 18.2 Å². The van der Waals surface area contributed by atoms with Crippen LogP contribution in [0.2, 0.25) is 0 Å². The Morgan fingerprint density at radius 1 is 1.15 bits per heavy atom. The van der Waals surface area contributed by atoms with Crippen molar-refractivity contribution in [2.75, 3.05) is 19.0 Å². The Balaban J connectivity index is 1.61. The predicted molar refractivity (Wildman–Crippen MR) is 106 cm³/mol. The van der Waals surface area contributed by atoms with Crippen molar-refractivity contribution in [3.8, 4) is 5.75 Å². The van der Waals surface area contributed by atoms with E-state index in [4.69, 9.17) is 9.47 Å². The van der Waals surface area contributed by atoms with Crippen LogP contribution in [-0.2, 0) is 9.53 Å². The number of fused-ring (bicyclic) bond motifs is 1. The molecule has 0 aliphatic heterocycles. The van der Waals surface area contributed by atoms with E-state index in [9.17, 15) is 9.59 Å². The van der Waals surface area contributed by atoms with Gasteiger partial charge in [-0.3, -0.25) is 10.1 Å². The molecule has 0 saturated carbocycles. The molecule has 0 saturated heterocycles. The Hall–Kier alpha value is -2.93. The van der Waals surface area contributed by atoms with Gasteiger partial charge in [0, 0.05) is 0 Å². The molecule has 140 valence electrons. The Morgan fingerprint density at radius 2 is 1.89 bits per heavy atom. The molecule has 1 heterocycles. The van der Waals surface area contributed by atoms with Gasteiger partial charge in [0.2, 0.25) is 0 Å². The number of aromatic nitrogens is 1. The van der Waals surface area contributed by atoms with Gasteiger partial charge in [-0.25, -0.2) is 9.78 Å². The molecule has 0 fully saturated rings. The molecular formula is C20H20N2O4S. The van der Waals surface area contributed by atoms with Crippen LogP contribution < -0.4 is 10.1 Å². The SMILES string of the molecule is COC(=O)c1ccc2nc(NC(=O)COc3ccc(C(C)C)cc3)sc2c1. The maximum Gasteiger partial charge on any atom is 0.337 e. The molecule has 0 spiro atoms.